The van der Waals surface area contributed by atoms with Gasteiger partial charge in [0.15, 0.2) is 5.21 Å². The number of hydrogen-bond acceptors (Lipinski definition) is 4. The maximum Gasteiger partial charge on any atom is 0.340 e. The van der Waals surface area contributed by atoms with Crippen molar-refractivity contribution in [1.29, 1.82) is 0 Å². The highest BCUT2D eigenvalue weighted by Gasteiger charge is 2.22. The number of tetrazole rings is 1. The first-order chi connectivity index (χ1) is 11.2. The fraction of sp³-hybridized carbons (Fsp3) is 0. The van der Waals surface area contributed by atoms with Crippen LogP contribution in [0.1, 0.15) is 0 Å². The largest absolute Gasteiger partial charge is 0.397 e. The number of fused-ring (bicyclic) bond motifs is 1. The number of pyridine rings is 1. The molecular weight excluding hydrogens is 312 g/mol. The topological polar surface area (TPSA) is 84.4 Å². The van der Waals surface area contributed by atoms with Gasteiger partial charge >= 0.3 is 5.82 Å². The lowest BCUT2D eigenvalue weighted by Gasteiger charge is -2.05. The normalized spacial score (nSPS) is 11.0. The van der Waals surface area contributed by atoms with Crippen molar-refractivity contribution in [2.45, 2.75) is 0 Å². The number of aromatic nitrogens is 5. The number of hydrogen-bond donors (Lipinski definition) is 2. The van der Waals surface area contributed by atoms with E-state index in [2.05, 4.69) is 20.5 Å². The van der Waals surface area contributed by atoms with Gasteiger partial charge < -0.3 is 5.73 Å². The second-order valence-corrected chi connectivity index (χ2v) is 5.47. The van der Waals surface area contributed by atoms with Crippen molar-refractivity contribution < 1.29 is 4.68 Å². The standard InChI is InChI=1S/C16H11ClN6/c17-10-5-7-11(8-6-10)23-16(20-21-22-23)13-9-19-14-4-2-1-3-12(14)15(13)18/h1-9H,(H2,18,19,20,22)/p+1. The molecule has 0 aliphatic heterocycles. The average molecular weight is 324 g/mol. The monoisotopic (exact) mass is 323 g/mol. The summed E-state index contributed by atoms with van der Waals surface area (Å²) >= 11 is 5.94. The van der Waals surface area contributed by atoms with Crippen molar-refractivity contribution >= 4 is 28.2 Å². The first-order valence-corrected chi connectivity index (χ1v) is 7.34. The predicted octanol–water partition coefficient (Wildman–Crippen LogP) is 2.53. The number of H-pyrrole nitrogens is 1. The van der Waals surface area contributed by atoms with Crippen LogP contribution < -0.4 is 10.4 Å². The van der Waals surface area contributed by atoms with Gasteiger partial charge in [-0.05, 0) is 30.3 Å². The summed E-state index contributed by atoms with van der Waals surface area (Å²) in [5.74, 6) is 0.586. The Kier molecular flexibility index (Phi) is 3.17. The third kappa shape index (κ3) is 2.29. The second-order valence-electron chi connectivity index (χ2n) is 5.04. The van der Waals surface area contributed by atoms with Gasteiger partial charge in [0, 0.05) is 16.6 Å². The van der Waals surface area contributed by atoms with E-state index in [0.717, 1.165) is 16.6 Å². The predicted molar refractivity (Wildman–Crippen MR) is 88.1 cm³/mol. The minimum atomic E-state index is 0.586. The molecular formula is C16H12ClN6+. The molecule has 2 aromatic carbocycles. The lowest BCUT2D eigenvalue weighted by Crippen LogP contribution is -2.35. The Morgan fingerprint density at radius 1 is 1.04 bits per heavy atom. The van der Waals surface area contributed by atoms with Gasteiger partial charge in [0.25, 0.3) is 0 Å². The zero-order valence-corrected chi connectivity index (χ0v) is 12.7. The number of benzene rings is 2. The number of para-hydroxylation sites is 1. The summed E-state index contributed by atoms with van der Waals surface area (Å²) in [5, 5.41) is 12.4. The van der Waals surface area contributed by atoms with Crippen LogP contribution in [0.3, 0.4) is 0 Å². The number of rotatable bonds is 2. The first-order valence-electron chi connectivity index (χ1n) is 6.96. The van der Waals surface area contributed by atoms with Crippen LogP contribution in [0.15, 0.2) is 54.7 Å². The van der Waals surface area contributed by atoms with E-state index in [4.69, 9.17) is 17.3 Å². The molecule has 23 heavy (non-hydrogen) atoms. The number of nitrogens with zero attached hydrogens (tertiary/aromatic N) is 4. The van der Waals surface area contributed by atoms with Gasteiger partial charge in [-0.25, -0.2) is 0 Å². The highest BCUT2D eigenvalue weighted by molar-refractivity contribution is 6.30. The van der Waals surface area contributed by atoms with E-state index in [1.807, 2.05) is 36.4 Å². The third-order valence-electron chi connectivity index (χ3n) is 3.64. The molecule has 0 bridgehead atoms. The molecule has 0 aliphatic carbocycles. The smallest absolute Gasteiger partial charge is 0.340 e. The summed E-state index contributed by atoms with van der Waals surface area (Å²) in [4.78, 5) is 4.45. The molecule has 0 unspecified atom stereocenters. The van der Waals surface area contributed by atoms with Crippen molar-refractivity contribution in [3.05, 3.63) is 59.8 Å². The minimum Gasteiger partial charge on any atom is -0.397 e. The lowest BCUT2D eigenvalue weighted by molar-refractivity contribution is -0.649. The fourth-order valence-electron chi connectivity index (χ4n) is 2.49. The fourth-order valence-corrected chi connectivity index (χ4v) is 2.62. The van der Waals surface area contributed by atoms with Crippen LogP contribution in [0, 0.1) is 0 Å². The molecule has 0 saturated carbocycles. The maximum atomic E-state index is 6.33. The lowest BCUT2D eigenvalue weighted by atomic mass is 10.1. The van der Waals surface area contributed by atoms with E-state index < -0.39 is 0 Å². The molecule has 4 aromatic rings. The molecule has 0 amide bonds. The summed E-state index contributed by atoms with van der Waals surface area (Å²) < 4.78 is 1.73. The van der Waals surface area contributed by atoms with Crippen molar-refractivity contribution in [1.82, 2.24) is 20.5 Å². The van der Waals surface area contributed by atoms with E-state index in [0.29, 0.717) is 22.1 Å². The SMILES string of the molecule is Nc1c(-c2nn[nH][n+]2-c2ccc(Cl)cc2)cnc2ccccc12. The number of nitrogens with two attached hydrogens (primary N) is 1. The van der Waals surface area contributed by atoms with Crippen LogP contribution in [0.5, 0.6) is 0 Å². The Morgan fingerprint density at radius 3 is 2.65 bits per heavy atom. The highest BCUT2D eigenvalue weighted by Crippen LogP contribution is 2.28. The third-order valence-corrected chi connectivity index (χ3v) is 3.90. The van der Waals surface area contributed by atoms with Crippen LogP contribution in [-0.2, 0) is 0 Å². The van der Waals surface area contributed by atoms with Gasteiger partial charge in [0.1, 0.15) is 10.8 Å². The van der Waals surface area contributed by atoms with Crippen molar-refractivity contribution in [3.63, 3.8) is 0 Å². The minimum absolute atomic E-state index is 0.586. The molecule has 4 rings (SSSR count). The van der Waals surface area contributed by atoms with E-state index in [1.165, 1.54) is 0 Å². The average Bonchev–Trinajstić information content (AvgIpc) is 3.05. The van der Waals surface area contributed by atoms with Gasteiger partial charge in [-0.3, -0.25) is 4.98 Å². The van der Waals surface area contributed by atoms with Crippen LogP contribution >= 0.6 is 11.6 Å². The van der Waals surface area contributed by atoms with Gasteiger partial charge in [-0.15, -0.1) is 4.68 Å². The van der Waals surface area contributed by atoms with E-state index in [9.17, 15) is 0 Å². The van der Waals surface area contributed by atoms with E-state index in [1.54, 1.807) is 23.0 Å². The summed E-state index contributed by atoms with van der Waals surface area (Å²) in [6, 6.07) is 15.1. The Bertz CT molecular complexity index is 993. The van der Waals surface area contributed by atoms with Crippen LogP contribution in [0.4, 0.5) is 5.69 Å². The molecule has 2 aromatic heterocycles. The van der Waals surface area contributed by atoms with Crippen molar-refractivity contribution in [2.24, 2.45) is 0 Å². The molecule has 3 N–H and O–H groups in total. The summed E-state index contributed by atoms with van der Waals surface area (Å²) in [5.41, 5.74) is 9.35. The van der Waals surface area contributed by atoms with Crippen molar-refractivity contribution in [3.8, 4) is 17.1 Å². The zero-order chi connectivity index (χ0) is 15.8. The van der Waals surface area contributed by atoms with Crippen LogP contribution in [-0.4, -0.2) is 20.5 Å². The molecule has 7 heteroatoms. The van der Waals surface area contributed by atoms with Gasteiger partial charge in [0.2, 0.25) is 0 Å². The zero-order valence-electron chi connectivity index (χ0n) is 11.9. The summed E-state index contributed by atoms with van der Waals surface area (Å²) in [6.07, 6.45) is 1.71. The van der Waals surface area contributed by atoms with Crippen LogP contribution in [0.25, 0.3) is 28.0 Å². The van der Waals surface area contributed by atoms with Crippen LogP contribution in [0.2, 0.25) is 5.02 Å². The Morgan fingerprint density at radius 2 is 1.83 bits per heavy atom. The molecule has 0 saturated heterocycles. The van der Waals surface area contributed by atoms with Gasteiger partial charge in [-0.2, -0.15) is 0 Å². The van der Waals surface area contributed by atoms with Gasteiger partial charge in [-0.1, -0.05) is 35.0 Å². The Hall–Kier alpha value is -2.99. The number of halogens is 1. The van der Waals surface area contributed by atoms with Crippen molar-refractivity contribution in [2.75, 3.05) is 5.73 Å². The van der Waals surface area contributed by atoms with E-state index >= 15 is 0 Å². The summed E-state index contributed by atoms with van der Waals surface area (Å²) in [6.45, 7) is 0. The van der Waals surface area contributed by atoms with E-state index in [-0.39, 0.29) is 0 Å². The Balaban J connectivity index is 1.91. The highest BCUT2D eigenvalue weighted by atomic mass is 35.5. The maximum absolute atomic E-state index is 6.33. The molecule has 2 heterocycles. The molecule has 0 fully saturated rings. The second kappa shape index (κ2) is 5.33. The number of nitrogen functional groups attached to an aromatic ring is 1. The quantitative estimate of drug-likeness (QED) is 0.555. The number of aromatic amines is 1. The molecule has 112 valence electrons. The number of anilines is 1. The molecule has 0 spiro atoms. The summed E-state index contributed by atoms with van der Waals surface area (Å²) in [7, 11) is 0. The first kappa shape index (κ1) is 13.7. The Labute approximate surface area is 136 Å². The van der Waals surface area contributed by atoms with Gasteiger partial charge in [0.05, 0.1) is 16.8 Å². The number of nitrogens with one attached hydrogen (secondary N) is 1. The molecule has 6 nitrogen and oxygen atoms in total. The molecule has 0 atom stereocenters. The molecule has 0 radical (unpaired) electrons. The molecule has 0 aliphatic rings.